The number of ether oxygens (including phenoxy) is 2. The zero-order valence-corrected chi connectivity index (χ0v) is 27.4. The SMILES string of the molecule is COc1cc(C=O)cc(I)c1O[C@H]1C=C(C(=O)NCCO)C[C@@H](N(Cc2ccc(Cl)cc2Cl)C(=O)Cc2ccccc2)[C@@H]1O. The summed E-state index contributed by atoms with van der Waals surface area (Å²) in [6, 6.07) is 16.3. The summed E-state index contributed by atoms with van der Waals surface area (Å²) in [5.74, 6) is -0.248. The van der Waals surface area contributed by atoms with Crippen LogP contribution in [-0.2, 0) is 22.6 Å². The van der Waals surface area contributed by atoms with E-state index in [0.29, 0.717) is 31.0 Å². The van der Waals surface area contributed by atoms with Crippen LogP contribution in [0.4, 0.5) is 0 Å². The molecule has 44 heavy (non-hydrogen) atoms. The molecule has 0 heterocycles. The molecule has 0 saturated carbocycles. The van der Waals surface area contributed by atoms with Crippen molar-refractivity contribution >= 4 is 63.9 Å². The molecule has 0 fully saturated rings. The van der Waals surface area contributed by atoms with Gasteiger partial charge in [-0.2, -0.15) is 0 Å². The number of hydrogen-bond donors (Lipinski definition) is 3. The van der Waals surface area contributed by atoms with Gasteiger partial charge in [0.1, 0.15) is 18.5 Å². The normalized spacial score (nSPS) is 17.8. The second-order valence-electron chi connectivity index (χ2n) is 10.1. The third-order valence-corrected chi connectivity index (χ3v) is 8.52. The molecule has 1 aliphatic carbocycles. The van der Waals surface area contributed by atoms with E-state index in [-0.39, 0.29) is 55.5 Å². The molecule has 0 unspecified atom stereocenters. The molecule has 0 spiro atoms. The number of halogens is 3. The molecule has 0 saturated heterocycles. The zero-order chi connectivity index (χ0) is 31.8. The molecule has 0 radical (unpaired) electrons. The first kappa shape index (κ1) is 33.7. The standard InChI is InChI=1S/C32H31Cl2IN2O7/c1-43-28-12-20(18-39)11-25(35)31(28)44-27-15-22(32(42)36-9-10-38)14-26(30(27)41)37(17-21-7-8-23(33)16-24(21)34)29(40)13-19-5-3-2-4-6-19/h2-8,11-12,15-16,18,26-27,30,38,41H,9-10,13-14,17H2,1H3,(H,36,42)/t26-,27+,30+/m1/s1. The van der Waals surface area contributed by atoms with Crippen LogP contribution in [0.25, 0.3) is 0 Å². The molecule has 4 rings (SSSR count). The van der Waals surface area contributed by atoms with Gasteiger partial charge in [0, 0.05) is 40.7 Å². The van der Waals surface area contributed by atoms with Crippen molar-refractivity contribution in [3.63, 3.8) is 0 Å². The van der Waals surface area contributed by atoms with Crippen LogP contribution in [0.3, 0.4) is 0 Å². The molecule has 9 nitrogen and oxygen atoms in total. The van der Waals surface area contributed by atoms with Crippen molar-refractivity contribution in [2.24, 2.45) is 0 Å². The highest BCUT2D eigenvalue weighted by Gasteiger charge is 2.41. The molecule has 3 N–H and O–H groups in total. The van der Waals surface area contributed by atoms with Crippen LogP contribution in [0, 0.1) is 3.57 Å². The van der Waals surface area contributed by atoms with E-state index in [1.165, 1.54) is 24.2 Å². The average molecular weight is 753 g/mol. The van der Waals surface area contributed by atoms with Gasteiger partial charge >= 0.3 is 0 Å². The van der Waals surface area contributed by atoms with E-state index in [1.807, 2.05) is 52.9 Å². The molecule has 0 aliphatic heterocycles. The van der Waals surface area contributed by atoms with Crippen LogP contribution in [-0.4, -0.2) is 71.7 Å². The smallest absolute Gasteiger partial charge is 0.247 e. The van der Waals surface area contributed by atoms with E-state index < -0.39 is 24.2 Å². The number of rotatable bonds is 12. The Labute approximate surface area is 278 Å². The lowest BCUT2D eigenvalue weighted by Crippen LogP contribution is -2.55. The van der Waals surface area contributed by atoms with Crippen LogP contribution >= 0.6 is 45.8 Å². The topological polar surface area (TPSA) is 125 Å². The lowest BCUT2D eigenvalue weighted by atomic mass is 9.87. The molecule has 0 bridgehead atoms. The molecular weight excluding hydrogens is 722 g/mol. The molecule has 3 atom stereocenters. The molecule has 3 aromatic rings. The molecule has 232 valence electrons. The first-order valence-corrected chi connectivity index (χ1v) is 15.5. The first-order valence-electron chi connectivity index (χ1n) is 13.7. The quantitative estimate of drug-likeness (QED) is 0.183. The van der Waals surface area contributed by atoms with Gasteiger partial charge < -0.3 is 29.9 Å². The Balaban J connectivity index is 1.76. The van der Waals surface area contributed by atoms with Crippen molar-refractivity contribution in [1.82, 2.24) is 10.2 Å². The van der Waals surface area contributed by atoms with Crippen molar-refractivity contribution in [3.8, 4) is 11.5 Å². The number of amides is 2. The summed E-state index contributed by atoms with van der Waals surface area (Å²) in [7, 11) is 1.43. The highest BCUT2D eigenvalue weighted by Crippen LogP contribution is 2.37. The molecule has 0 aromatic heterocycles. The van der Waals surface area contributed by atoms with Gasteiger partial charge in [0.05, 0.1) is 29.7 Å². The lowest BCUT2D eigenvalue weighted by Gasteiger charge is -2.41. The Bertz CT molecular complexity index is 1540. The third-order valence-electron chi connectivity index (χ3n) is 7.13. The van der Waals surface area contributed by atoms with Gasteiger partial charge in [0.15, 0.2) is 11.5 Å². The fourth-order valence-corrected chi connectivity index (χ4v) is 6.15. The minimum absolute atomic E-state index is 0.00232. The van der Waals surface area contributed by atoms with Crippen LogP contribution < -0.4 is 14.8 Å². The van der Waals surface area contributed by atoms with Gasteiger partial charge in [0.25, 0.3) is 0 Å². The Morgan fingerprint density at radius 3 is 2.55 bits per heavy atom. The molecular formula is C32H31Cl2IN2O7. The van der Waals surface area contributed by atoms with Crippen molar-refractivity contribution in [2.75, 3.05) is 20.3 Å². The van der Waals surface area contributed by atoms with E-state index in [1.54, 1.807) is 24.3 Å². The van der Waals surface area contributed by atoms with Crippen LogP contribution in [0.5, 0.6) is 11.5 Å². The number of methoxy groups -OCH3 is 1. The van der Waals surface area contributed by atoms with Crippen LogP contribution in [0.2, 0.25) is 10.0 Å². The summed E-state index contributed by atoms with van der Waals surface area (Å²) in [5.41, 5.74) is 2.01. The summed E-state index contributed by atoms with van der Waals surface area (Å²) < 4.78 is 12.3. The summed E-state index contributed by atoms with van der Waals surface area (Å²) >= 11 is 14.6. The summed E-state index contributed by atoms with van der Waals surface area (Å²) in [6.45, 7) is -0.221. The number of nitrogens with one attached hydrogen (secondary N) is 1. The molecule has 3 aromatic carbocycles. The number of carbonyl (C=O) groups is 3. The molecule has 1 aliphatic rings. The van der Waals surface area contributed by atoms with E-state index in [4.69, 9.17) is 32.7 Å². The van der Waals surface area contributed by atoms with E-state index in [0.717, 1.165) is 5.56 Å². The number of carbonyl (C=O) groups excluding carboxylic acids is 3. The fraction of sp³-hybridized carbons (Fsp3) is 0.281. The third kappa shape index (κ3) is 8.30. The fourth-order valence-electron chi connectivity index (χ4n) is 4.93. The van der Waals surface area contributed by atoms with E-state index >= 15 is 0 Å². The van der Waals surface area contributed by atoms with Gasteiger partial charge in [-0.05, 0) is 64.1 Å². The Morgan fingerprint density at radius 2 is 1.89 bits per heavy atom. The largest absolute Gasteiger partial charge is 0.493 e. The van der Waals surface area contributed by atoms with Crippen molar-refractivity contribution in [1.29, 1.82) is 0 Å². The molecule has 2 amide bonds. The summed E-state index contributed by atoms with van der Waals surface area (Å²) in [6.07, 6.45) is -0.159. The lowest BCUT2D eigenvalue weighted by molar-refractivity contribution is -0.138. The minimum Gasteiger partial charge on any atom is -0.493 e. The zero-order valence-electron chi connectivity index (χ0n) is 23.7. The summed E-state index contributed by atoms with van der Waals surface area (Å²) in [4.78, 5) is 40.1. The predicted molar refractivity (Wildman–Crippen MR) is 175 cm³/mol. The second-order valence-corrected chi connectivity index (χ2v) is 12.1. The van der Waals surface area contributed by atoms with Gasteiger partial charge in [-0.25, -0.2) is 0 Å². The van der Waals surface area contributed by atoms with E-state index in [2.05, 4.69) is 5.32 Å². The van der Waals surface area contributed by atoms with Gasteiger partial charge in [-0.3, -0.25) is 14.4 Å². The van der Waals surface area contributed by atoms with E-state index in [9.17, 15) is 24.6 Å². The Hall–Kier alpha value is -3.16. The number of aldehydes is 1. The van der Waals surface area contributed by atoms with Crippen molar-refractivity contribution < 1.29 is 34.1 Å². The average Bonchev–Trinajstić information content (AvgIpc) is 3.01. The Morgan fingerprint density at radius 1 is 1.14 bits per heavy atom. The maximum atomic E-state index is 14.0. The number of hydrogen-bond acceptors (Lipinski definition) is 7. The second kappa shape index (κ2) is 15.7. The minimum atomic E-state index is -1.29. The maximum Gasteiger partial charge on any atom is 0.247 e. The van der Waals surface area contributed by atoms with Crippen LogP contribution in [0.15, 0.2) is 72.3 Å². The highest BCUT2D eigenvalue weighted by atomic mass is 127. The van der Waals surface area contributed by atoms with Gasteiger partial charge in [0.2, 0.25) is 11.8 Å². The summed E-state index contributed by atoms with van der Waals surface area (Å²) in [5, 5.41) is 24.5. The number of aliphatic hydroxyl groups is 2. The van der Waals surface area contributed by atoms with Crippen molar-refractivity contribution in [2.45, 2.75) is 37.6 Å². The highest BCUT2D eigenvalue weighted by molar-refractivity contribution is 14.1. The number of aliphatic hydroxyl groups excluding tert-OH is 2. The monoisotopic (exact) mass is 752 g/mol. The Kier molecular flexibility index (Phi) is 12.0. The van der Waals surface area contributed by atoms with Gasteiger partial charge in [-0.15, -0.1) is 0 Å². The maximum absolute atomic E-state index is 14.0. The van der Waals surface area contributed by atoms with Crippen molar-refractivity contribution in [3.05, 3.63) is 103 Å². The van der Waals surface area contributed by atoms with Gasteiger partial charge in [-0.1, -0.05) is 59.6 Å². The first-order chi connectivity index (χ1) is 21.1. The number of benzene rings is 3. The predicted octanol–water partition coefficient (Wildman–Crippen LogP) is 4.61. The molecule has 12 heteroatoms. The van der Waals surface area contributed by atoms with Crippen LogP contribution in [0.1, 0.15) is 27.9 Å². The number of nitrogens with zero attached hydrogens (tertiary/aromatic N) is 1.